The van der Waals surface area contributed by atoms with E-state index in [1.165, 1.54) is 0 Å². The average Bonchev–Trinajstić information content (AvgIpc) is 3.05. The first-order valence-electron chi connectivity index (χ1n) is 8.35. The molecule has 0 bridgehead atoms. The summed E-state index contributed by atoms with van der Waals surface area (Å²) >= 11 is 0. The third kappa shape index (κ3) is 4.15. The normalized spacial score (nSPS) is 16.8. The van der Waals surface area contributed by atoms with Crippen molar-refractivity contribution in [3.05, 3.63) is 59.2 Å². The summed E-state index contributed by atoms with van der Waals surface area (Å²) in [6, 6.07) is 13.3. The molecule has 126 valence electrons. The molecular weight excluding hydrogens is 302 g/mol. The zero-order valence-corrected chi connectivity index (χ0v) is 14.2. The Kier molecular flexibility index (Phi) is 5.16. The number of para-hydroxylation sites is 1. The second-order valence-electron chi connectivity index (χ2n) is 6.27. The average molecular weight is 325 g/mol. The summed E-state index contributed by atoms with van der Waals surface area (Å²) < 4.78 is 11.4. The summed E-state index contributed by atoms with van der Waals surface area (Å²) in [5.74, 6) is 0.429. The van der Waals surface area contributed by atoms with Gasteiger partial charge in [-0.1, -0.05) is 18.2 Å². The fourth-order valence-corrected chi connectivity index (χ4v) is 2.98. The Balaban J connectivity index is 1.71. The first-order valence-corrected chi connectivity index (χ1v) is 8.35. The topological polar surface area (TPSA) is 47.6 Å². The maximum Gasteiger partial charge on any atom is 0.259 e. The smallest absolute Gasteiger partial charge is 0.259 e. The van der Waals surface area contributed by atoms with Crippen LogP contribution in [-0.4, -0.2) is 25.2 Å². The molecule has 1 heterocycles. The molecule has 4 nitrogen and oxygen atoms in total. The number of carbonyl (C=O) groups excluding carboxylic acids is 1. The van der Waals surface area contributed by atoms with E-state index in [1.54, 1.807) is 6.07 Å². The molecule has 0 aromatic heterocycles. The highest BCUT2D eigenvalue weighted by atomic mass is 16.5. The van der Waals surface area contributed by atoms with Crippen LogP contribution >= 0.6 is 0 Å². The maximum absolute atomic E-state index is 12.6. The number of benzene rings is 2. The number of ether oxygens (including phenoxy) is 2. The van der Waals surface area contributed by atoms with Crippen molar-refractivity contribution in [2.75, 3.05) is 18.5 Å². The van der Waals surface area contributed by atoms with Crippen molar-refractivity contribution in [1.29, 1.82) is 0 Å². The Morgan fingerprint density at radius 2 is 1.96 bits per heavy atom. The summed E-state index contributed by atoms with van der Waals surface area (Å²) in [6.07, 6.45) is 2.21. The van der Waals surface area contributed by atoms with E-state index in [0.29, 0.717) is 17.9 Å². The first-order chi connectivity index (χ1) is 11.6. The second kappa shape index (κ2) is 7.49. The van der Waals surface area contributed by atoms with Crippen LogP contribution in [0.3, 0.4) is 0 Å². The predicted octanol–water partition coefficient (Wildman–Crippen LogP) is 4.11. The van der Waals surface area contributed by atoms with Gasteiger partial charge in [-0.3, -0.25) is 4.79 Å². The fraction of sp³-hybridized carbons (Fsp3) is 0.350. The Hall–Kier alpha value is -2.33. The lowest BCUT2D eigenvalue weighted by Gasteiger charge is -2.15. The van der Waals surface area contributed by atoms with Crippen molar-refractivity contribution in [3.63, 3.8) is 0 Å². The van der Waals surface area contributed by atoms with E-state index in [1.807, 2.05) is 44.2 Å². The molecule has 1 fully saturated rings. The Morgan fingerprint density at radius 3 is 2.67 bits per heavy atom. The molecule has 1 aliphatic rings. The van der Waals surface area contributed by atoms with Crippen LogP contribution < -0.4 is 10.1 Å². The van der Waals surface area contributed by atoms with Crippen LogP contribution in [0.4, 0.5) is 5.69 Å². The molecule has 1 amide bonds. The molecule has 3 rings (SSSR count). The van der Waals surface area contributed by atoms with E-state index in [-0.39, 0.29) is 12.0 Å². The van der Waals surface area contributed by atoms with Crippen molar-refractivity contribution in [1.82, 2.24) is 0 Å². The number of rotatable bonds is 5. The van der Waals surface area contributed by atoms with Gasteiger partial charge in [-0.25, -0.2) is 0 Å². The van der Waals surface area contributed by atoms with Gasteiger partial charge in [0.1, 0.15) is 12.4 Å². The molecule has 1 atom stereocenters. The van der Waals surface area contributed by atoms with Crippen molar-refractivity contribution in [3.8, 4) is 5.75 Å². The van der Waals surface area contributed by atoms with Gasteiger partial charge >= 0.3 is 0 Å². The van der Waals surface area contributed by atoms with Gasteiger partial charge < -0.3 is 14.8 Å². The van der Waals surface area contributed by atoms with Crippen LogP contribution in [0.2, 0.25) is 0 Å². The molecule has 1 aliphatic heterocycles. The third-order valence-corrected chi connectivity index (χ3v) is 4.06. The van der Waals surface area contributed by atoms with Gasteiger partial charge in [-0.15, -0.1) is 0 Å². The standard InChI is InChI=1S/C20H23NO3/c1-14-10-15(2)12-16(11-14)21-20(22)18-7-3-4-8-19(18)24-13-17-6-5-9-23-17/h3-4,7-8,10-12,17H,5-6,9,13H2,1-2H3,(H,21,22)/t17-/m0/s1. The number of amides is 1. The summed E-state index contributed by atoms with van der Waals surface area (Å²) in [5.41, 5.74) is 3.57. The molecule has 0 spiro atoms. The number of hydrogen-bond acceptors (Lipinski definition) is 3. The minimum absolute atomic E-state index is 0.125. The molecule has 24 heavy (non-hydrogen) atoms. The lowest BCUT2D eigenvalue weighted by atomic mass is 10.1. The third-order valence-electron chi connectivity index (χ3n) is 4.06. The van der Waals surface area contributed by atoms with Crippen molar-refractivity contribution in [2.24, 2.45) is 0 Å². The minimum Gasteiger partial charge on any atom is -0.490 e. The molecule has 0 unspecified atom stereocenters. The van der Waals surface area contributed by atoms with E-state index in [2.05, 4.69) is 11.4 Å². The van der Waals surface area contributed by atoms with Gasteiger partial charge in [0, 0.05) is 12.3 Å². The summed E-state index contributed by atoms with van der Waals surface area (Å²) in [5, 5.41) is 2.96. The number of anilines is 1. The SMILES string of the molecule is Cc1cc(C)cc(NC(=O)c2ccccc2OC[C@@H]2CCCO2)c1. The van der Waals surface area contributed by atoms with Crippen LogP contribution in [0.25, 0.3) is 0 Å². The van der Waals surface area contributed by atoms with E-state index in [0.717, 1.165) is 36.3 Å². The van der Waals surface area contributed by atoms with Crippen molar-refractivity contribution >= 4 is 11.6 Å². The van der Waals surface area contributed by atoms with Gasteiger partial charge in [-0.05, 0) is 62.1 Å². The number of nitrogens with one attached hydrogen (secondary N) is 1. The largest absolute Gasteiger partial charge is 0.490 e. The number of carbonyl (C=O) groups is 1. The Labute approximate surface area is 142 Å². The molecule has 2 aromatic carbocycles. The monoisotopic (exact) mass is 325 g/mol. The molecule has 0 radical (unpaired) electrons. The van der Waals surface area contributed by atoms with Gasteiger partial charge in [0.2, 0.25) is 0 Å². The van der Waals surface area contributed by atoms with E-state index in [9.17, 15) is 4.79 Å². The van der Waals surface area contributed by atoms with Crippen molar-refractivity contribution < 1.29 is 14.3 Å². The van der Waals surface area contributed by atoms with Crippen molar-refractivity contribution in [2.45, 2.75) is 32.8 Å². The Morgan fingerprint density at radius 1 is 1.21 bits per heavy atom. The van der Waals surface area contributed by atoms with Crippen LogP contribution in [0.1, 0.15) is 34.3 Å². The predicted molar refractivity (Wildman–Crippen MR) is 94.8 cm³/mol. The molecular formula is C20H23NO3. The number of aryl methyl sites for hydroxylation is 2. The summed E-state index contributed by atoms with van der Waals surface area (Å²) in [7, 11) is 0. The van der Waals surface area contributed by atoms with Gasteiger partial charge in [-0.2, -0.15) is 0 Å². The lowest BCUT2D eigenvalue weighted by molar-refractivity contribution is 0.0673. The molecule has 0 aliphatic carbocycles. The van der Waals surface area contributed by atoms with E-state index >= 15 is 0 Å². The van der Waals surface area contributed by atoms with Crippen LogP contribution in [-0.2, 0) is 4.74 Å². The van der Waals surface area contributed by atoms with Gasteiger partial charge in [0.05, 0.1) is 11.7 Å². The molecule has 0 saturated carbocycles. The van der Waals surface area contributed by atoms with Gasteiger partial charge in [0.25, 0.3) is 5.91 Å². The molecule has 4 heteroatoms. The maximum atomic E-state index is 12.6. The van der Waals surface area contributed by atoms with E-state index in [4.69, 9.17) is 9.47 Å². The lowest BCUT2D eigenvalue weighted by Crippen LogP contribution is -2.19. The quantitative estimate of drug-likeness (QED) is 0.900. The Bertz CT molecular complexity index is 700. The molecule has 1 saturated heterocycles. The molecule has 1 N–H and O–H groups in total. The van der Waals surface area contributed by atoms with Crippen LogP contribution in [0.5, 0.6) is 5.75 Å². The highest BCUT2D eigenvalue weighted by molar-refractivity contribution is 6.06. The van der Waals surface area contributed by atoms with E-state index < -0.39 is 0 Å². The zero-order valence-electron chi connectivity index (χ0n) is 14.2. The van der Waals surface area contributed by atoms with Crippen LogP contribution in [0, 0.1) is 13.8 Å². The minimum atomic E-state index is -0.164. The number of hydrogen-bond donors (Lipinski definition) is 1. The fourth-order valence-electron chi connectivity index (χ4n) is 2.98. The zero-order chi connectivity index (χ0) is 16.9. The molecule has 2 aromatic rings. The summed E-state index contributed by atoms with van der Waals surface area (Å²) in [6.45, 7) is 5.30. The second-order valence-corrected chi connectivity index (χ2v) is 6.27. The summed E-state index contributed by atoms with van der Waals surface area (Å²) in [4.78, 5) is 12.6. The van der Waals surface area contributed by atoms with Gasteiger partial charge in [0.15, 0.2) is 0 Å². The highest BCUT2D eigenvalue weighted by Gasteiger charge is 2.18. The van der Waals surface area contributed by atoms with Crippen LogP contribution in [0.15, 0.2) is 42.5 Å². The first kappa shape index (κ1) is 16.5. The highest BCUT2D eigenvalue weighted by Crippen LogP contribution is 2.22.